The number of hydrogen-bond donors (Lipinski definition) is 2. The minimum absolute atomic E-state index is 0.158. The van der Waals surface area contributed by atoms with E-state index in [1.807, 2.05) is 42.5 Å². The van der Waals surface area contributed by atoms with Crippen LogP contribution in [0.3, 0.4) is 0 Å². The Balaban J connectivity index is 1.85. The molecule has 0 saturated carbocycles. The zero-order valence-electron chi connectivity index (χ0n) is 12.9. The van der Waals surface area contributed by atoms with E-state index in [9.17, 15) is 10.1 Å². The van der Waals surface area contributed by atoms with Gasteiger partial charge in [-0.05, 0) is 17.7 Å². The van der Waals surface area contributed by atoms with Crippen molar-refractivity contribution in [2.75, 3.05) is 36.4 Å². The summed E-state index contributed by atoms with van der Waals surface area (Å²) in [5.41, 5.74) is 2.50. The van der Waals surface area contributed by atoms with Crippen molar-refractivity contribution in [3.8, 4) is 0 Å². The molecule has 2 N–H and O–H groups in total. The van der Waals surface area contributed by atoms with Crippen LogP contribution in [0.2, 0.25) is 0 Å². The molecule has 23 heavy (non-hydrogen) atoms. The van der Waals surface area contributed by atoms with Gasteiger partial charge >= 0.3 is 5.69 Å². The number of hydrogen-bond acceptors (Lipinski definition) is 5. The van der Waals surface area contributed by atoms with Crippen molar-refractivity contribution in [2.45, 2.75) is 6.54 Å². The van der Waals surface area contributed by atoms with Gasteiger partial charge in [-0.25, -0.2) is 0 Å². The van der Waals surface area contributed by atoms with Crippen LogP contribution < -0.4 is 15.5 Å². The molecular formula is C17H20N4O2. The fraction of sp³-hybridized carbons (Fsp3) is 0.294. The van der Waals surface area contributed by atoms with Crippen molar-refractivity contribution in [1.82, 2.24) is 5.32 Å². The Hall–Kier alpha value is -2.60. The van der Waals surface area contributed by atoms with Gasteiger partial charge in [-0.2, -0.15) is 0 Å². The summed E-state index contributed by atoms with van der Waals surface area (Å²) in [6, 6.07) is 15.3. The number of nitro groups is 1. The average molecular weight is 312 g/mol. The van der Waals surface area contributed by atoms with E-state index in [0.29, 0.717) is 17.9 Å². The van der Waals surface area contributed by atoms with E-state index in [2.05, 4.69) is 15.5 Å². The lowest BCUT2D eigenvalue weighted by atomic mass is 10.1. The normalized spacial score (nSPS) is 14.5. The van der Waals surface area contributed by atoms with Crippen LogP contribution in [-0.2, 0) is 6.54 Å². The summed E-state index contributed by atoms with van der Waals surface area (Å²) in [4.78, 5) is 13.4. The number of piperazine rings is 1. The minimum Gasteiger partial charge on any atom is -0.375 e. The van der Waals surface area contributed by atoms with Gasteiger partial charge in [0.25, 0.3) is 0 Å². The van der Waals surface area contributed by atoms with Gasteiger partial charge in [0.1, 0.15) is 11.4 Å². The molecule has 6 nitrogen and oxygen atoms in total. The van der Waals surface area contributed by atoms with Gasteiger partial charge in [0.2, 0.25) is 0 Å². The lowest BCUT2D eigenvalue weighted by Crippen LogP contribution is -2.43. The molecule has 0 bridgehead atoms. The molecule has 0 unspecified atom stereocenters. The summed E-state index contributed by atoms with van der Waals surface area (Å²) >= 11 is 0. The molecule has 0 radical (unpaired) electrons. The minimum atomic E-state index is -0.287. The molecule has 1 fully saturated rings. The molecule has 0 aromatic heterocycles. The third-order valence-electron chi connectivity index (χ3n) is 3.98. The standard InChI is InChI=1S/C17H20N4O2/c22-21(23)17-15(19-13-14-5-2-1-3-6-14)7-4-8-16(17)20-11-9-18-10-12-20/h1-8,18-19H,9-13H2. The molecule has 1 saturated heterocycles. The number of nitro benzene ring substituents is 1. The zero-order chi connectivity index (χ0) is 16.1. The van der Waals surface area contributed by atoms with Gasteiger partial charge in [0.05, 0.1) is 4.92 Å². The molecule has 3 rings (SSSR count). The molecule has 0 spiro atoms. The zero-order valence-corrected chi connectivity index (χ0v) is 12.9. The highest BCUT2D eigenvalue weighted by molar-refractivity contribution is 5.77. The van der Waals surface area contributed by atoms with Gasteiger partial charge in [0, 0.05) is 32.7 Å². The van der Waals surface area contributed by atoms with Gasteiger partial charge in [0.15, 0.2) is 0 Å². The maximum Gasteiger partial charge on any atom is 0.315 e. The molecule has 0 aliphatic carbocycles. The largest absolute Gasteiger partial charge is 0.375 e. The lowest BCUT2D eigenvalue weighted by Gasteiger charge is -2.29. The molecule has 2 aromatic rings. The van der Waals surface area contributed by atoms with Crippen molar-refractivity contribution in [1.29, 1.82) is 0 Å². The SMILES string of the molecule is O=[N+]([O-])c1c(NCc2ccccc2)cccc1N1CCNCC1. The highest BCUT2D eigenvalue weighted by atomic mass is 16.6. The van der Waals surface area contributed by atoms with Gasteiger partial charge < -0.3 is 15.5 Å². The first-order valence-corrected chi connectivity index (χ1v) is 7.76. The molecule has 0 amide bonds. The summed E-state index contributed by atoms with van der Waals surface area (Å²) in [5.74, 6) is 0. The molecule has 120 valence electrons. The second kappa shape index (κ2) is 7.11. The number of nitrogens with one attached hydrogen (secondary N) is 2. The van der Waals surface area contributed by atoms with Gasteiger partial charge in [-0.15, -0.1) is 0 Å². The smallest absolute Gasteiger partial charge is 0.315 e. The van der Waals surface area contributed by atoms with Crippen molar-refractivity contribution in [3.05, 3.63) is 64.2 Å². The Morgan fingerprint density at radius 1 is 1.09 bits per heavy atom. The maximum atomic E-state index is 11.6. The van der Waals surface area contributed by atoms with Crippen LogP contribution in [0.25, 0.3) is 0 Å². The van der Waals surface area contributed by atoms with Crippen LogP contribution in [0.5, 0.6) is 0 Å². The highest BCUT2D eigenvalue weighted by Gasteiger charge is 2.24. The summed E-state index contributed by atoms with van der Waals surface area (Å²) in [6.07, 6.45) is 0. The number of rotatable bonds is 5. The highest BCUT2D eigenvalue weighted by Crippen LogP contribution is 2.35. The molecule has 6 heteroatoms. The summed E-state index contributed by atoms with van der Waals surface area (Å²) < 4.78 is 0. The third kappa shape index (κ3) is 3.60. The van der Waals surface area contributed by atoms with E-state index in [-0.39, 0.29) is 10.6 Å². The molecule has 0 atom stereocenters. The fourth-order valence-corrected chi connectivity index (χ4v) is 2.82. The number of para-hydroxylation sites is 1. The predicted molar refractivity (Wildman–Crippen MR) is 91.9 cm³/mol. The van der Waals surface area contributed by atoms with Gasteiger partial charge in [-0.1, -0.05) is 36.4 Å². The Bertz CT molecular complexity index is 670. The van der Waals surface area contributed by atoms with E-state index in [1.165, 1.54) is 0 Å². The van der Waals surface area contributed by atoms with E-state index >= 15 is 0 Å². The number of nitrogens with zero attached hydrogens (tertiary/aromatic N) is 2. The Morgan fingerprint density at radius 3 is 2.52 bits per heavy atom. The first-order chi connectivity index (χ1) is 11.3. The second-order valence-electron chi connectivity index (χ2n) is 5.51. The first kappa shape index (κ1) is 15.3. The van der Waals surface area contributed by atoms with Crippen molar-refractivity contribution >= 4 is 17.1 Å². The van der Waals surface area contributed by atoms with Crippen LogP contribution in [0, 0.1) is 10.1 Å². The van der Waals surface area contributed by atoms with Crippen molar-refractivity contribution in [3.63, 3.8) is 0 Å². The van der Waals surface area contributed by atoms with Crippen LogP contribution in [-0.4, -0.2) is 31.1 Å². The lowest BCUT2D eigenvalue weighted by molar-refractivity contribution is -0.383. The van der Waals surface area contributed by atoms with E-state index in [4.69, 9.17) is 0 Å². The summed E-state index contributed by atoms with van der Waals surface area (Å²) in [6.45, 7) is 3.82. The molecule has 1 aliphatic rings. The number of anilines is 2. The Kier molecular flexibility index (Phi) is 4.73. The van der Waals surface area contributed by atoms with Crippen LogP contribution in [0.4, 0.5) is 17.1 Å². The Morgan fingerprint density at radius 2 is 1.83 bits per heavy atom. The molecule has 2 aromatic carbocycles. The fourth-order valence-electron chi connectivity index (χ4n) is 2.82. The van der Waals surface area contributed by atoms with E-state index in [0.717, 1.165) is 31.7 Å². The topological polar surface area (TPSA) is 70.4 Å². The van der Waals surface area contributed by atoms with Crippen LogP contribution in [0.15, 0.2) is 48.5 Å². The predicted octanol–water partition coefficient (Wildman–Crippen LogP) is 2.62. The quantitative estimate of drug-likeness (QED) is 0.656. The summed E-state index contributed by atoms with van der Waals surface area (Å²) in [5, 5.41) is 18.1. The van der Waals surface area contributed by atoms with E-state index < -0.39 is 0 Å². The van der Waals surface area contributed by atoms with Gasteiger partial charge in [-0.3, -0.25) is 10.1 Å². The second-order valence-corrected chi connectivity index (χ2v) is 5.51. The monoisotopic (exact) mass is 312 g/mol. The van der Waals surface area contributed by atoms with Crippen LogP contribution in [0.1, 0.15) is 5.56 Å². The molecule has 1 heterocycles. The van der Waals surface area contributed by atoms with Crippen molar-refractivity contribution < 1.29 is 4.92 Å². The first-order valence-electron chi connectivity index (χ1n) is 7.76. The average Bonchev–Trinajstić information content (AvgIpc) is 2.61. The molecule has 1 aliphatic heterocycles. The van der Waals surface area contributed by atoms with Crippen molar-refractivity contribution in [2.24, 2.45) is 0 Å². The third-order valence-corrected chi connectivity index (χ3v) is 3.98. The molecular weight excluding hydrogens is 292 g/mol. The summed E-state index contributed by atoms with van der Waals surface area (Å²) in [7, 11) is 0. The number of benzene rings is 2. The van der Waals surface area contributed by atoms with E-state index in [1.54, 1.807) is 6.07 Å². The Labute approximate surface area is 135 Å². The van der Waals surface area contributed by atoms with Crippen LogP contribution >= 0.6 is 0 Å². The maximum absolute atomic E-state index is 11.6.